The van der Waals surface area contributed by atoms with E-state index in [1.165, 1.54) is 83.8 Å². The second kappa shape index (κ2) is 26.6. The average Bonchev–Trinajstić information content (AvgIpc) is 3.86. The minimum absolute atomic E-state index is 0.142. The quantitative estimate of drug-likeness (QED) is 0.0552. The summed E-state index contributed by atoms with van der Waals surface area (Å²) in [4.78, 5) is 92.6. The van der Waals surface area contributed by atoms with Gasteiger partial charge in [-0.25, -0.2) is 9.97 Å². The van der Waals surface area contributed by atoms with Crippen LogP contribution in [-0.2, 0) is 41.6 Å². The number of ketones is 3. The van der Waals surface area contributed by atoms with E-state index in [9.17, 15) is 28.8 Å². The fraction of sp³-hybridized carbons (Fsp3) is 0.714. The maximum absolute atomic E-state index is 13.7. The van der Waals surface area contributed by atoms with Crippen LogP contribution in [0.25, 0.3) is 0 Å². The van der Waals surface area contributed by atoms with E-state index < -0.39 is 41.8 Å². The van der Waals surface area contributed by atoms with Crippen LogP contribution in [0.1, 0.15) is 156 Å². The van der Waals surface area contributed by atoms with Gasteiger partial charge in [0, 0.05) is 61.8 Å². The Bertz CT molecular complexity index is 1430. The number of aromatic nitrogens is 4. The fourth-order valence-corrected chi connectivity index (χ4v) is 6.60. The summed E-state index contributed by atoms with van der Waals surface area (Å²) in [7, 11) is 0. The van der Waals surface area contributed by atoms with Crippen LogP contribution >= 0.6 is 0 Å². The third kappa shape index (κ3) is 19.3. The molecule has 2 aromatic heterocycles. The molecule has 2 aromatic rings. The lowest BCUT2D eigenvalue weighted by Crippen LogP contribution is -2.49. The van der Waals surface area contributed by atoms with Crippen LogP contribution in [0.2, 0.25) is 0 Å². The summed E-state index contributed by atoms with van der Waals surface area (Å²) >= 11 is 0. The van der Waals surface area contributed by atoms with Crippen molar-refractivity contribution in [3.63, 3.8) is 0 Å². The molecule has 0 unspecified atom stereocenters. The maximum atomic E-state index is 13.7. The summed E-state index contributed by atoms with van der Waals surface area (Å²) < 4.78 is 0. The maximum Gasteiger partial charge on any atom is 0.224 e. The largest absolute Gasteiger partial charge is 0.348 e. The van der Waals surface area contributed by atoms with Gasteiger partial charge in [-0.1, -0.05) is 105 Å². The van der Waals surface area contributed by atoms with Gasteiger partial charge in [0.2, 0.25) is 17.7 Å². The smallest absolute Gasteiger partial charge is 0.224 e. The number of nitrogens with one attached hydrogen (secondary N) is 5. The zero-order valence-corrected chi connectivity index (χ0v) is 34.3. The molecule has 55 heavy (non-hydrogen) atoms. The molecule has 5 atom stereocenters. The highest BCUT2D eigenvalue weighted by Gasteiger charge is 2.33. The molecular weight excluding hydrogens is 699 g/mol. The van der Waals surface area contributed by atoms with Crippen LogP contribution < -0.4 is 16.0 Å². The van der Waals surface area contributed by atoms with Crippen LogP contribution in [0.3, 0.4) is 0 Å². The van der Waals surface area contributed by atoms with Crippen LogP contribution in [0.5, 0.6) is 0 Å². The minimum atomic E-state index is -0.909. The third-order valence-corrected chi connectivity index (χ3v) is 10.3. The average molecular weight is 768 g/mol. The molecule has 0 aliphatic rings. The molecule has 308 valence electrons. The standard InChI is InChI=1S/C42H69N7O6/c1-7-8-9-10-11-12-13-14-15-16-17-18-19-20-39(53)48-36(24-35-26-44-28-46-35)37(51)21-30(4)41(54)49-40(29(2)3)38(52)23-33(22-34-25-43-27-45-34)42(55)47-31(5)32(6)50/h25-31,33,36,40H,7-24H2,1-6H3,(H,43,45)(H,44,46)(H,47,55)(H,48,53)(H,49,54)/t30-,31-,33+,36-,40-/m0/s1. The molecule has 13 heteroatoms. The van der Waals surface area contributed by atoms with E-state index >= 15 is 0 Å². The Morgan fingerprint density at radius 2 is 1.16 bits per heavy atom. The number of rotatable bonds is 31. The lowest BCUT2D eigenvalue weighted by atomic mass is 9.88. The molecule has 0 aromatic carbocycles. The third-order valence-electron chi connectivity index (χ3n) is 10.3. The molecule has 0 saturated carbocycles. The normalized spacial score (nSPS) is 14.1. The van der Waals surface area contributed by atoms with Crippen molar-refractivity contribution in [2.45, 2.75) is 175 Å². The Labute approximate surface area is 328 Å². The predicted octanol–water partition coefficient (Wildman–Crippen LogP) is 6.29. The molecule has 2 rings (SSSR count). The van der Waals surface area contributed by atoms with Crippen LogP contribution in [0.4, 0.5) is 0 Å². The number of carbonyl (C=O) groups excluding carboxylic acids is 6. The van der Waals surface area contributed by atoms with Crippen LogP contribution in [0, 0.1) is 17.8 Å². The number of hydrogen-bond acceptors (Lipinski definition) is 8. The van der Waals surface area contributed by atoms with Crippen molar-refractivity contribution in [1.82, 2.24) is 35.9 Å². The van der Waals surface area contributed by atoms with Gasteiger partial charge in [-0.05, 0) is 26.2 Å². The molecule has 3 amide bonds. The lowest BCUT2D eigenvalue weighted by Gasteiger charge is -2.26. The molecular formula is C42H69N7O6. The first-order chi connectivity index (χ1) is 26.3. The Hall–Kier alpha value is -4.16. The van der Waals surface area contributed by atoms with Crippen molar-refractivity contribution < 1.29 is 28.8 Å². The summed E-state index contributed by atoms with van der Waals surface area (Å²) in [6.07, 6.45) is 22.3. The van der Waals surface area contributed by atoms with Gasteiger partial charge in [-0.3, -0.25) is 28.8 Å². The Morgan fingerprint density at radius 1 is 0.636 bits per heavy atom. The van der Waals surface area contributed by atoms with E-state index in [0.717, 1.165) is 19.3 Å². The Morgan fingerprint density at radius 3 is 1.65 bits per heavy atom. The van der Waals surface area contributed by atoms with Crippen molar-refractivity contribution in [1.29, 1.82) is 0 Å². The second-order valence-corrected chi connectivity index (χ2v) is 15.7. The fourth-order valence-electron chi connectivity index (χ4n) is 6.60. The number of unbranched alkanes of at least 4 members (excludes halogenated alkanes) is 12. The highest BCUT2D eigenvalue weighted by Crippen LogP contribution is 2.18. The van der Waals surface area contributed by atoms with E-state index in [1.807, 2.05) is 0 Å². The molecule has 0 radical (unpaired) electrons. The number of aromatic amines is 2. The lowest BCUT2D eigenvalue weighted by molar-refractivity contribution is -0.135. The number of hydrogen-bond donors (Lipinski definition) is 5. The van der Waals surface area contributed by atoms with Crippen molar-refractivity contribution in [2.75, 3.05) is 0 Å². The molecule has 13 nitrogen and oxygen atoms in total. The van der Waals surface area contributed by atoms with Gasteiger partial charge in [0.1, 0.15) is 0 Å². The Balaban J connectivity index is 1.91. The van der Waals surface area contributed by atoms with E-state index in [0.29, 0.717) is 17.8 Å². The summed E-state index contributed by atoms with van der Waals surface area (Å²) in [6, 6.07) is -2.47. The second-order valence-electron chi connectivity index (χ2n) is 15.7. The number of amides is 3. The van der Waals surface area contributed by atoms with E-state index in [1.54, 1.807) is 40.1 Å². The Kier molecular flexibility index (Phi) is 22.7. The molecule has 0 aliphatic carbocycles. The van der Waals surface area contributed by atoms with Gasteiger partial charge < -0.3 is 25.9 Å². The SMILES string of the molecule is CCCCCCCCCCCCCCCC(=O)N[C@@H](Cc1cnc[nH]1)C(=O)C[C@H](C)C(=O)N[C@H](C(=O)C[C@@H](Cc1cnc[nH]1)C(=O)N[C@@H](C)C(C)=O)C(C)C. The zero-order chi connectivity index (χ0) is 40.6. The van der Waals surface area contributed by atoms with Gasteiger partial charge >= 0.3 is 0 Å². The summed E-state index contributed by atoms with van der Waals surface area (Å²) in [5.74, 6) is -3.86. The number of Topliss-reactive ketones (excluding diaryl/α,β-unsaturated/α-hetero) is 3. The number of H-pyrrole nitrogens is 2. The molecule has 0 saturated heterocycles. The van der Waals surface area contributed by atoms with Crippen molar-refractivity contribution in [2.24, 2.45) is 17.8 Å². The topological polar surface area (TPSA) is 196 Å². The summed E-state index contributed by atoms with van der Waals surface area (Å²) in [5.41, 5.74) is 1.34. The first-order valence-electron chi connectivity index (χ1n) is 20.7. The molecule has 0 fully saturated rings. The summed E-state index contributed by atoms with van der Waals surface area (Å²) in [5, 5.41) is 8.41. The van der Waals surface area contributed by atoms with E-state index in [2.05, 4.69) is 42.8 Å². The van der Waals surface area contributed by atoms with Gasteiger partial charge in [0.15, 0.2) is 17.3 Å². The number of carbonyl (C=O) groups is 6. The highest BCUT2D eigenvalue weighted by molar-refractivity contribution is 5.96. The van der Waals surface area contributed by atoms with Gasteiger partial charge in [-0.2, -0.15) is 0 Å². The summed E-state index contributed by atoms with van der Waals surface area (Å²) in [6.45, 7) is 10.4. The van der Waals surface area contributed by atoms with E-state index in [4.69, 9.17) is 0 Å². The molecule has 0 aliphatic heterocycles. The van der Waals surface area contributed by atoms with Gasteiger partial charge in [0.05, 0.1) is 36.7 Å². The van der Waals surface area contributed by atoms with Gasteiger partial charge in [-0.15, -0.1) is 0 Å². The monoisotopic (exact) mass is 768 g/mol. The highest BCUT2D eigenvalue weighted by atomic mass is 16.2. The van der Waals surface area contributed by atoms with E-state index in [-0.39, 0.29) is 54.9 Å². The molecule has 0 spiro atoms. The molecule has 5 N–H and O–H groups in total. The van der Waals surface area contributed by atoms with Crippen molar-refractivity contribution >= 4 is 35.1 Å². The van der Waals surface area contributed by atoms with Crippen molar-refractivity contribution in [3.8, 4) is 0 Å². The number of imidazole rings is 2. The predicted molar refractivity (Wildman–Crippen MR) is 214 cm³/mol. The molecule has 0 bridgehead atoms. The van der Waals surface area contributed by atoms with Gasteiger partial charge in [0.25, 0.3) is 0 Å². The van der Waals surface area contributed by atoms with Crippen molar-refractivity contribution in [3.05, 3.63) is 36.4 Å². The molecule has 2 heterocycles. The van der Waals surface area contributed by atoms with Crippen LogP contribution in [-0.4, -0.2) is 73.1 Å². The first kappa shape index (κ1) is 47.0. The zero-order valence-electron chi connectivity index (χ0n) is 34.3. The minimum Gasteiger partial charge on any atom is -0.348 e. The first-order valence-corrected chi connectivity index (χ1v) is 20.7. The number of nitrogens with zero attached hydrogens (tertiary/aromatic N) is 2. The van der Waals surface area contributed by atoms with Crippen LogP contribution in [0.15, 0.2) is 25.0 Å².